The molecule has 3 aromatic rings. The number of benzene rings is 1. The standard InChI is InChI=1S/C13H11N3S2/c1-8-9(14)6-7-12(15-8)18-13-16-10-4-2-3-5-11(10)17-13/h2-7H,14H2,1H3. The highest BCUT2D eigenvalue weighted by Gasteiger charge is 2.06. The smallest absolute Gasteiger partial charge is 0.157 e. The normalized spacial score (nSPS) is 10.9. The van der Waals surface area contributed by atoms with Crippen LogP contribution in [0.2, 0.25) is 0 Å². The highest BCUT2D eigenvalue weighted by atomic mass is 32.2. The molecule has 0 amide bonds. The number of aryl methyl sites for hydroxylation is 1. The summed E-state index contributed by atoms with van der Waals surface area (Å²) in [6, 6.07) is 12.0. The number of aromatic nitrogens is 2. The van der Waals surface area contributed by atoms with Crippen molar-refractivity contribution < 1.29 is 0 Å². The predicted octanol–water partition coefficient (Wildman–Crippen LogP) is 3.73. The van der Waals surface area contributed by atoms with Crippen molar-refractivity contribution in [1.29, 1.82) is 0 Å². The molecule has 0 saturated carbocycles. The highest BCUT2D eigenvalue weighted by Crippen LogP contribution is 2.33. The first-order valence-corrected chi connectivity index (χ1v) is 7.12. The Morgan fingerprint density at radius 1 is 1.11 bits per heavy atom. The third-order valence-electron chi connectivity index (χ3n) is 2.57. The third-order valence-corrected chi connectivity index (χ3v) is 4.60. The molecule has 1 aromatic carbocycles. The topological polar surface area (TPSA) is 51.8 Å². The van der Waals surface area contributed by atoms with Crippen LogP contribution in [0.3, 0.4) is 0 Å². The van der Waals surface area contributed by atoms with Crippen LogP contribution >= 0.6 is 23.1 Å². The molecule has 90 valence electrons. The van der Waals surface area contributed by atoms with Gasteiger partial charge in [-0.15, -0.1) is 11.3 Å². The maximum atomic E-state index is 5.76. The number of para-hydroxylation sites is 1. The van der Waals surface area contributed by atoms with Crippen molar-refractivity contribution in [2.75, 3.05) is 5.73 Å². The first kappa shape index (κ1) is 11.5. The fourth-order valence-electron chi connectivity index (χ4n) is 1.59. The number of nitrogens with zero attached hydrogens (tertiary/aromatic N) is 2. The maximum absolute atomic E-state index is 5.76. The molecule has 18 heavy (non-hydrogen) atoms. The minimum Gasteiger partial charge on any atom is -0.397 e. The van der Waals surface area contributed by atoms with Crippen molar-refractivity contribution in [2.24, 2.45) is 0 Å². The lowest BCUT2D eigenvalue weighted by atomic mass is 10.3. The molecule has 0 radical (unpaired) electrons. The first-order valence-electron chi connectivity index (χ1n) is 5.49. The second-order valence-corrected chi connectivity index (χ2v) is 6.17. The van der Waals surface area contributed by atoms with Crippen molar-refractivity contribution in [3.8, 4) is 0 Å². The van der Waals surface area contributed by atoms with Gasteiger partial charge in [0, 0.05) is 0 Å². The van der Waals surface area contributed by atoms with E-state index in [9.17, 15) is 0 Å². The molecule has 2 heterocycles. The summed E-state index contributed by atoms with van der Waals surface area (Å²) in [6.07, 6.45) is 0. The second kappa shape index (κ2) is 4.59. The van der Waals surface area contributed by atoms with Gasteiger partial charge in [0.25, 0.3) is 0 Å². The summed E-state index contributed by atoms with van der Waals surface area (Å²) in [7, 11) is 0. The molecule has 0 fully saturated rings. The summed E-state index contributed by atoms with van der Waals surface area (Å²) in [4.78, 5) is 9.01. The largest absolute Gasteiger partial charge is 0.397 e. The zero-order chi connectivity index (χ0) is 12.5. The van der Waals surface area contributed by atoms with Crippen molar-refractivity contribution in [1.82, 2.24) is 9.97 Å². The Labute approximate surface area is 113 Å². The van der Waals surface area contributed by atoms with Gasteiger partial charge < -0.3 is 5.73 Å². The van der Waals surface area contributed by atoms with Crippen molar-refractivity contribution in [2.45, 2.75) is 16.3 Å². The molecule has 3 rings (SSSR count). The number of nitrogen functional groups attached to an aromatic ring is 1. The summed E-state index contributed by atoms with van der Waals surface area (Å²) < 4.78 is 2.21. The minimum atomic E-state index is 0.726. The molecule has 0 atom stereocenters. The highest BCUT2D eigenvalue weighted by molar-refractivity contribution is 8.01. The van der Waals surface area contributed by atoms with Crippen LogP contribution in [0.5, 0.6) is 0 Å². The predicted molar refractivity (Wildman–Crippen MR) is 77.1 cm³/mol. The van der Waals surface area contributed by atoms with E-state index in [1.54, 1.807) is 23.1 Å². The van der Waals surface area contributed by atoms with Gasteiger partial charge in [0.2, 0.25) is 0 Å². The number of rotatable bonds is 2. The molecule has 0 unspecified atom stereocenters. The summed E-state index contributed by atoms with van der Waals surface area (Å²) in [5.74, 6) is 0. The third kappa shape index (κ3) is 2.19. The van der Waals surface area contributed by atoms with E-state index in [-0.39, 0.29) is 0 Å². The number of nitrogens with two attached hydrogens (primary N) is 1. The molecular formula is C13H11N3S2. The monoisotopic (exact) mass is 273 g/mol. The van der Waals surface area contributed by atoms with E-state index in [0.29, 0.717) is 0 Å². The van der Waals surface area contributed by atoms with Crippen LogP contribution in [0.4, 0.5) is 5.69 Å². The SMILES string of the molecule is Cc1nc(Sc2nc3ccccc3s2)ccc1N. The van der Waals surface area contributed by atoms with E-state index in [1.165, 1.54) is 4.70 Å². The quantitative estimate of drug-likeness (QED) is 0.773. The maximum Gasteiger partial charge on any atom is 0.157 e. The van der Waals surface area contributed by atoms with E-state index in [4.69, 9.17) is 5.73 Å². The minimum absolute atomic E-state index is 0.726. The van der Waals surface area contributed by atoms with Crippen molar-refractivity contribution >= 4 is 39.0 Å². The molecule has 0 bridgehead atoms. The second-order valence-electron chi connectivity index (χ2n) is 3.87. The summed E-state index contributed by atoms with van der Waals surface area (Å²) in [5, 5.41) is 0.931. The zero-order valence-corrected chi connectivity index (χ0v) is 11.4. The van der Waals surface area contributed by atoms with E-state index in [2.05, 4.69) is 16.0 Å². The lowest BCUT2D eigenvalue weighted by Crippen LogP contribution is -1.93. The molecule has 5 heteroatoms. The van der Waals surface area contributed by atoms with E-state index < -0.39 is 0 Å². The summed E-state index contributed by atoms with van der Waals surface area (Å²) in [5.41, 5.74) is 8.39. The van der Waals surface area contributed by atoms with E-state index in [1.807, 2.05) is 37.3 Å². The van der Waals surface area contributed by atoms with Crippen molar-refractivity contribution in [3.63, 3.8) is 0 Å². The molecule has 0 spiro atoms. The first-order chi connectivity index (χ1) is 8.72. The van der Waals surface area contributed by atoms with Gasteiger partial charge >= 0.3 is 0 Å². The molecule has 0 aliphatic rings. The van der Waals surface area contributed by atoms with Gasteiger partial charge in [-0.05, 0) is 43.0 Å². The molecule has 0 saturated heterocycles. The van der Waals surface area contributed by atoms with Crippen LogP contribution in [-0.4, -0.2) is 9.97 Å². The molecular weight excluding hydrogens is 262 g/mol. The van der Waals surface area contributed by atoms with Crippen LogP contribution in [-0.2, 0) is 0 Å². The van der Waals surface area contributed by atoms with Gasteiger partial charge in [-0.3, -0.25) is 0 Å². The Hall–Kier alpha value is -1.59. The molecule has 0 aliphatic heterocycles. The Morgan fingerprint density at radius 2 is 1.94 bits per heavy atom. The average molecular weight is 273 g/mol. The van der Waals surface area contributed by atoms with Crippen LogP contribution in [0.25, 0.3) is 10.2 Å². The lowest BCUT2D eigenvalue weighted by Gasteiger charge is -2.01. The van der Waals surface area contributed by atoms with Gasteiger partial charge in [-0.1, -0.05) is 12.1 Å². The number of hydrogen-bond donors (Lipinski definition) is 1. The van der Waals surface area contributed by atoms with Gasteiger partial charge in [0.05, 0.1) is 21.6 Å². The van der Waals surface area contributed by atoms with Gasteiger partial charge in [0.1, 0.15) is 5.03 Å². The Balaban J connectivity index is 1.93. The Bertz CT molecular complexity index is 673. The van der Waals surface area contributed by atoms with Crippen LogP contribution in [0.15, 0.2) is 45.8 Å². The summed E-state index contributed by atoms with van der Waals surface area (Å²) in [6.45, 7) is 1.91. The number of hydrogen-bond acceptors (Lipinski definition) is 5. The number of fused-ring (bicyclic) bond motifs is 1. The molecule has 3 nitrogen and oxygen atoms in total. The van der Waals surface area contributed by atoms with Gasteiger partial charge in [-0.2, -0.15) is 0 Å². The van der Waals surface area contributed by atoms with Gasteiger partial charge in [0.15, 0.2) is 4.34 Å². The lowest BCUT2D eigenvalue weighted by molar-refractivity contribution is 1.07. The Kier molecular flexibility index (Phi) is 2.93. The molecule has 0 aliphatic carbocycles. The van der Waals surface area contributed by atoms with E-state index in [0.717, 1.165) is 26.3 Å². The van der Waals surface area contributed by atoms with Crippen molar-refractivity contribution in [3.05, 3.63) is 42.1 Å². The Morgan fingerprint density at radius 3 is 2.72 bits per heavy atom. The fourth-order valence-corrected chi connectivity index (χ4v) is 3.62. The van der Waals surface area contributed by atoms with Crippen LogP contribution in [0.1, 0.15) is 5.69 Å². The van der Waals surface area contributed by atoms with Crippen LogP contribution in [0, 0.1) is 6.92 Å². The van der Waals surface area contributed by atoms with Crippen LogP contribution < -0.4 is 5.73 Å². The number of pyridine rings is 1. The molecule has 2 aromatic heterocycles. The summed E-state index contributed by atoms with van der Waals surface area (Å²) >= 11 is 3.26. The average Bonchev–Trinajstić information content (AvgIpc) is 2.76. The fraction of sp³-hybridized carbons (Fsp3) is 0.0769. The number of anilines is 1. The number of thiazole rings is 1. The zero-order valence-electron chi connectivity index (χ0n) is 9.75. The van der Waals surface area contributed by atoms with Gasteiger partial charge in [-0.25, -0.2) is 9.97 Å². The van der Waals surface area contributed by atoms with E-state index >= 15 is 0 Å². The molecule has 2 N–H and O–H groups in total.